The molecule has 60 valence electrons. The fourth-order valence-corrected chi connectivity index (χ4v) is 0.524. The zero-order valence-electron chi connectivity index (χ0n) is 6.09. The Hall–Kier alpha value is -0.610. The van der Waals surface area contributed by atoms with Gasteiger partial charge in [0.25, 0.3) is 0 Å². The topological polar surface area (TPSA) is 58.6 Å². The van der Waals surface area contributed by atoms with Crippen molar-refractivity contribution in [3.05, 3.63) is 0 Å². The molecule has 4 nitrogen and oxygen atoms in total. The highest BCUT2D eigenvalue weighted by atomic mass is 16.6. The van der Waals surface area contributed by atoms with Gasteiger partial charge in [-0.1, -0.05) is 0 Å². The summed E-state index contributed by atoms with van der Waals surface area (Å²) in [6, 6.07) is 0. The summed E-state index contributed by atoms with van der Waals surface area (Å²) in [6.45, 7) is 0.164. The van der Waals surface area contributed by atoms with E-state index < -0.39 is 0 Å². The summed E-state index contributed by atoms with van der Waals surface area (Å²) >= 11 is 0. The fraction of sp³-hybridized carbons (Fsp3) is 0.833. The van der Waals surface area contributed by atoms with Gasteiger partial charge in [-0.15, -0.1) is 0 Å². The molecule has 0 saturated heterocycles. The van der Waals surface area contributed by atoms with Gasteiger partial charge in [0, 0.05) is 20.1 Å². The largest absolute Gasteiger partial charge is 0.371 e. The fourth-order valence-electron chi connectivity index (χ4n) is 0.524. The van der Waals surface area contributed by atoms with Crippen LogP contribution in [0.2, 0.25) is 0 Å². The second-order valence-electron chi connectivity index (χ2n) is 1.81. The number of nitrogens with one attached hydrogen (secondary N) is 1. The Morgan fingerprint density at radius 3 is 2.90 bits per heavy atom. The number of carbonyl (C=O) groups is 1. The summed E-state index contributed by atoms with van der Waals surface area (Å²) in [4.78, 5) is 10.5. The maximum Gasteiger partial charge on any atom is 0.219 e. The molecule has 0 aromatic rings. The molecular formula is C6H13NO3. The van der Waals surface area contributed by atoms with Crippen LogP contribution in [0.5, 0.6) is 0 Å². The molecule has 0 radical (unpaired) electrons. The molecule has 0 aliphatic rings. The Bertz CT molecular complexity index is 95.0. The minimum atomic E-state index is -0.270. The van der Waals surface area contributed by atoms with Crippen molar-refractivity contribution >= 4 is 5.91 Å². The van der Waals surface area contributed by atoms with Crippen molar-refractivity contribution in [2.75, 3.05) is 20.4 Å². The van der Waals surface area contributed by atoms with Gasteiger partial charge in [0.2, 0.25) is 5.91 Å². The summed E-state index contributed by atoms with van der Waals surface area (Å²) in [5.41, 5.74) is 0. The molecule has 1 amide bonds. The van der Waals surface area contributed by atoms with E-state index in [-0.39, 0.29) is 12.7 Å². The predicted octanol–water partition coefficient (Wildman–Crippen LogP) is -0.521. The van der Waals surface area contributed by atoms with Crippen molar-refractivity contribution in [3.8, 4) is 0 Å². The minimum Gasteiger partial charge on any atom is -0.371 e. The smallest absolute Gasteiger partial charge is 0.219 e. The average molecular weight is 147 g/mol. The number of aliphatic hydroxyl groups is 1. The van der Waals surface area contributed by atoms with Crippen LogP contribution in [0.15, 0.2) is 0 Å². The van der Waals surface area contributed by atoms with Gasteiger partial charge < -0.3 is 15.2 Å². The number of rotatable bonds is 5. The highest BCUT2D eigenvalue weighted by molar-refractivity contribution is 5.75. The van der Waals surface area contributed by atoms with Crippen molar-refractivity contribution in [1.29, 1.82) is 0 Å². The minimum absolute atomic E-state index is 0.00143. The molecule has 10 heavy (non-hydrogen) atoms. The number of hydrogen-bond acceptors (Lipinski definition) is 3. The third kappa shape index (κ3) is 5.53. The molecule has 4 heteroatoms. The lowest BCUT2D eigenvalue weighted by Crippen LogP contribution is -2.17. The zero-order chi connectivity index (χ0) is 7.82. The third-order valence-corrected chi connectivity index (χ3v) is 1.06. The van der Waals surface area contributed by atoms with Gasteiger partial charge in [-0.2, -0.15) is 0 Å². The van der Waals surface area contributed by atoms with Crippen molar-refractivity contribution in [2.45, 2.75) is 12.8 Å². The highest BCUT2D eigenvalue weighted by Gasteiger charge is 1.95. The zero-order valence-corrected chi connectivity index (χ0v) is 6.09. The molecule has 0 atom stereocenters. The lowest BCUT2D eigenvalue weighted by Gasteiger charge is -1.98. The molecule has 0 saturated carbocycles. The maximum absolute atomic E-state index is 10.5. The van der Waals surface area contributed by atoms with Gasteiger partial charge in [0.1, 0.15) is 6.79 Å². The molecule has 0 unspecified atom stereocenters. The Kier molecular flexibility index (Phi) is 6.11. The van der Waals surface area contributed by atoms with E-state index in [0.29, 0.717) is 19.4 Å². The molecular weight excluding hydrogens is 134 g/mol. The second kappa shape index (κ2) is 6.51. The monoisotopic (exact) mass is 147 g/mol. The maximum atomic E-state index is 10.5. The molecule has 0 heterocycles. The summed E-state index contributed by atoms with van der Waals surface area (Å²) in [5.74, 6) is 0.00143. The van der Waals surface area contributed by atoms with Crippen LogP contribution in [0, 0.1) is 0 Å². The summed E-state index contributed by atoms with van der Waals surface area (Å²) in [7, 11) is 1.59. The Labute approximate surface area is 60.2 Å². The van der Waals surface area contributed by atoms with E-state index in [4.69, 9.17) is 5.11 Å². The molecule has 0 spiro atoms. The van der Waals surface area contributed by atoms with Gasteiger partial charge in [0.05, 0.1) is 0 Å². The molecule has 0 aromatic heterocycles. The molecule has 0 fully saturated rings. The first kappa shape index (κ1) is 9.39. The molecule has 2 N–H and O–H groups in total. The van der Waals surface area contributed by atoms with E-state index in [9.17, 15) is 4.79 Å². The normalized spacial score (nSPS) is 9.40. The summed E-state index contributed by atoms with van der Waals surface area (Å²) in [6.07, 6.45) is 1.11. The van der Waals surface area contributed by atoms with Crippen molar-refractivity contribution in [3.63, 3.8) is 0 Å². The van der Waals surface area contributed by atoms with Crippen LogP contribution in [-0.2, 0) is 9.53 Å². The molecule has 0 bridgehead atoms. The van der Waals surface area contributed by atoms with Crippen LogP contribution in [0.3, 0.4) is 0 Å². The number of hydrogen-bond donors (Lipinski definition) is 2. The number of carbonyl (C=O) groups excluding carboxylic acids is 1. The van der Waals surface area contributed by atoms with Crippen LogP contribution in [0.1, 0.15) is 12.8 Å². The van der Waals surface area contributed by atoms with E-state index in [1.54, 1.807) is 7.05 Å². The van der Waals surface area contributed by atoms with E-state index >= 15 is 0 Å². The molecule has 0 aromatic carbocycles. The van der Waals surface area contributed by atoms with Gasteiger partial charge in [0.15, 0.2) is 0 Å². The van der Waals surface area contributed by atoms with Crippen molar-refractivity contribution in [2.24, 2.45) is 0 Å². The van der Waals surface area contributed by atoms with Crippen molar-refractivity contribution in [1.82, 2.24) is 5.32 Å². The first-order valence-electron chi connectivity index (χ1n) is 3.20. The van der Waals surface area contributed by atoms with Crippen LogP contribution in [0.25, 0.3) is 0 Å². The highest BCUT2D eigenvalue weighted by Crippen LogP contribution is 1.88. The second-order valence-corrected chi connectivity index (χ2v) is 1.81. The molecule has 0 aliphatic carbocycles. The van der Waals surface area contributed by atoms with Crippen LogP contribution < -0.4 is 5.32 Å². The van der Waals surface area contributed by atoms with Gasteiger partial charge in [-0.05, 0) is 6.42 Å². The molecule has 0 rings (SSSR count). The third-order valence-electron chi connectivity index (χ3n) is 1.06. The Balaban J connectivity index is 2.96. The van der Waals surface area contributed by atoms with E-state index in [0.717, 1.165) is 0 Å². The summed E-state index contributed by atoms with van der Waals surface area (Å²) < 4.78 is 4.60. The van der Waals surface area contributed by atoms with Gasteiger partial charge >= 0.3 is 0 Å². The predicted molar refractivity (Wildman–Crippen MR) is 36.3 cm³/mol. The van der Waals surface area contributed by atoms with E-state index in [1.807, 2.05) is 0 Å². The molecule has 0 aliphatic heterocycles. The quantitative estimate of drug-likeness (QED) is 0.406. The van der Waals surface area contributed by atoms with Gasteiger partial charge in [-0.25, -0.2) is 0 Å². The SMILES string of the molecule is CNC(=O)CCCOCO. The Morgan fingerprint density at radius 1 is 1.70 bits per heavy atom. The van der Waals surface area contributed by atoms with Crippen LogP contribution >= 0.6 is 0 Å². The number of aliphatic hydroxyl groups excluding tert-OH is 1. The first-order valence-corrected chi connectivity index (χ1v) is 3.20. The van der Waals surface area contributed by atoms with Crippen LogP contribution in [0.4, 0.5) is 0 Å². The van der Waals surface area contributed by atoms with E-state index in [2.05, 4.69) is 10.1 Å². The van der Waals surface area contributed by atoms with E-state index in [1.165, 1.54) is 0 Å². The lowest BCUT2D eigenvalue weighted by atomic mass is 10.3. The average Bonchev–Trinajstić information content (AvgIpc) is 1.98. The first-order chi connectivity index (χ1) is 4.81. The Morgan fingerprint density at radius 2 is 2.40 bits per heavy atom. The van der Waals surface area contributed by atoms with Gasteiger partial charge in [-0.3, -0.25) is 4.79 Å². The van der Waals surface area contributed by atoms with Crippen LogP contribution in [-0.4, -0.2) is 31.5 Å². The lowest BCUT2D eigenvalue weighted by molar-refractivity contribution is -0.121. The number of amides is 1. The number of ether oxygens (including phenoxy) is 1. The standard InChI is InChI=1S/C6H13NO3/c1-7-6(9)3-2-4-10-5-8/h8H,2-5H2,1H3,(H,7,9). The van der Waals surface area contributed by atoms with Crippen molar-refractivity contribution < 1.29 is 14.6 Å². The summed E-state index contributed by atoms with van der Waals surface area (Å²) in [5, 5.41) is 10.7.